The van der Waals surface area contributed by atoms with Crippen molar-refractivity contribution in [3.05, 3.63) is 114 Å². The maximum Gasteiger partial charge on any atom is 0.408 e. The number of alkyl carbamates (subject to hydrolysis) is 1. The van der Waals surface area contributed by atoms with E-state index in [2.05, 4.69) is 47.0 Å². The highest BCUT2D eigenvalue weighted by atomic mass is 32.1. The van der Waals surface area contributed by atoms with Crippen molar-refractivity contribution in [2.45, 2.75) is 33.0 Å². The van der Waals surface area contributed by atoms with E-state index in [1.54, 1.807) is 20.8 Å². The summed E-state index contributed by atoms with van der Waals surface area (Å²) in [6, 6.07) is 34.0. The van der Waals surface area contributed by atoms with Crippen LogP contribution in [0, 0.1) is 0 Å². The Morgan fingerprint density at radius 3 is 1.92 bits per heavy atom. The molecule has 0 saturated carbocycles. The third kappa shape index (κ3) is 6.22. The van der Waals surface area contributed by atoms with Crippen LogP contribution >= 0.6 is 22.7 Å². The lowest BCUT2D eigenvalue weighted by atomic mass is 9.94. The van der Waals surface area contributed by atoms with Gasteiger partial charge in [-0.15, -0.1) is 22.7 Å². The van der Waals surface area contributed by atoms with E-state index >= 15 is 0 Å². The van der Waals surface area contributed by atoms with Gasteiger partial charge < -0.3 is 20.1 Å². The predicted octanol–water partition coefficient (Wildman–Crippen LogP) is 9.91. The number of rotatable bonds is 7. The van der Waals surface area contributed by atoms with Gasteiger partial charge >= 0.3 is 12.1 Å². The number of benzene rings is 5. The first-order valence-corrected chi connectivity index (χ1v) is 17.2. The monoisotopic (exact) mass is 672 g/mol. The summed E-state index contributed by atoms with van der Waals surface area (Å²) in [6.45, 7) is 5.12. The van der Waals surface area contributed by atoms with E-state index in [0.29, 0.717) is 15.4 Å². The van der Waals surface area contributed by atoms with E-state index in [-0.39, 0.29) is 13.2 Å². The molecule has 0 aliphatic carbocycles. The molecule has 5 aromatic carbocycles. The molecule has 0 bridgehead atoms. The predicted molar refractivity (Wildman–Crippen MR) is 196 cm³/mol. The molecule has 0 spiro atoms. The molecular weight excluding hydrogens is 641 g/mol. The summed E-state index contributed by atoms with van der Waals surface area (Å²) in [5.41, 5.74) is 1.64. The Morgan fingerprint density at radius 1 is 0.688 bits per heavy atom. The van der Waals surface area contributed by atoms with Crippen LogP contribution in [0.25, 0.3) is 52.8 Å². The molecule has 0 fully saturated rings. The SMILES string of the molecule is CC(C)(C)OC(=O)NCC(=O)Nc1sc2ccc3ccccc3c2c1-c1c(C(=O)OCc2ccccc2)sc2ccc3ccccc3c12. The van der Waals surface area contributed by atoms with Gasteiger partial charge in [0.25, 0.3) is 0 Å². The molecule has 0 radical (unpaired) electrons. The number of amides is 2. The summed E-state index contributed by atoms with van der Waals surface area (Å²) in [7, 11) is 0. The van der Waals surface area contributed by atoms with Gasteiger partial charge in [0.2, 0.25) is 5.91 Å². The second kappa shape index (κ2) is 12.7. The summed E-state index contributed by atoms with van der Waals surface area (Å²) in [5, 5.41) is 12.1. The maximum atomic E-state index is 14.1. The maximum absolute atomic E-state index is 14.1. The zero-order valence-corrected chi connectivity index (χ0v) is 28.2. The summed E-state index contributed by atoms with van der Waals surface area (Å²) < 4.78 is 13.1. The lowest BCUT2D eigenvalue weighted by Gasteiger charge is -2.19. The van der Waals surface area contributed by atoms with Crippen molar-refractivity contribution in [3.63, 3.8) is 0 Å². The van der Waals surface area contributed by atoms with Gasteiger partial charge in [0.05, 0.1) is 0 Å². The zero-order valence-electron chi connectivity index (χ0n) is 26.6. The third-order valence-corrected chi connectivity index (χ3v) is 10.1. The molecule has 48 heavy (non-hydrogen) atoms. The second-order valence-corrected chi connectivity index (χ2v) is 14.5. The topological polar surface area (TPSA) is 93.7 Å². The number of hydrogen-bond donors (Lipinski definition) is 2. The van der Waals surface area contributed by atoms with Crippen molar-refractivity contribution in [3.8, 4) is 11.1 Å². The molecule has 240 valence electrons. The highest BCUT2D eigenvalue weighted by Crippen LogP contribution is 2.52. The summed E-state index contributed by atoms with van der Waals surface area (Å²) in [4.78, 5) is 40.3. The molecular formula is C39H32N2O5S2. The van der Waals surface area contributed by atoms with Gasteiger partial charge in [-0.1, -0.05) is 91.0 Å². The number of carbonyl (C=O) groups excluding carboxylic acids is 3. The molecule has 2 amide bonds. The lowest BCUT2D eigenvalue weighted by Crippen LogP contribution is -2.37. The number of fused-ring (bicyclic) bond motifs is 6. The Balaban J connectivity index is 1.42. The minimum Gasteiger partial charge on any atom is -0.457 e. The molecule has 0 atom stereocenters. The third-order valence-electron chi connectivity index (χ3n) is 7.85. The van der Waals surface area contributed by atoms with Crippen molar-refractivity contribution >= 4 is 87.4 Å². The van der Waals surface area contributed by atoms with Gasteiger partial charge in [-0.25, -0.2) is 9.59 Å². The molecule has 9 heteroatoms. The molecule has 2 heterocycles. The van der Waals surface area contributed by atoms with Crippen LogP contribution in [0.4, 0.5) is 9.80 Å². The molecule has 7 aromatic rings. The first-order valence-electron chi connectivity index (χ1n) is 15.5. The van der Waals surface area contributed by atoms with Crippen LogP contribution in [0.1, 0.15) is 36.0 Å². The van der Waals surface area contributed by atoms with Crippen LogP contribution in [0.2, 0.25) is 0 Å². The highest BCUT2D eigenvalue weighted by Gasteiger charge is 2.29. The lowest BCUT2D eigenvalue weighted by molar-refractivity contribution is -0.115. The van der Waals surface area contributed by atoms with Crippen LogP contribution in [0.15, 0.2) is 103 Å². The minimum absolute atomic E-state index is 0.126. The second-order valence-electron chi connectivity index (χ2n) is 12.4. The average molecular weight is 673 g/mol. The van der Waals surface area contributed by atoms with Gasteiger partial charge in [-0.2, -0.15) is 0 Å². The van der Waals surface area contributed by atoms with E-state index in [1.165, 1.54) is 22.7 Å². The zero-order chi connectivity index (χ0) is 33.4. The van der Waals surface area contributed by atoms with Crippen LogP contribution in [-0.2, 0) is 20.9 Å². The van der Waals surface area contributed by atoms with Crippen LogP contribution < -0.4 is 10.6 Å². The van der Waals surface area contributed by atoms with E-state index in [0.717, 1.165) is 52.8 Å². The molecule has 2 N–H and O–H groups in total. The first kappa shape index (κ1) is 31.4. The van der Waals surface area contributed by atoms with Gasteiger partial charge in [0, 0.05) is 31.3 Å². The fraction of sp³-hybridized carbons (Fsp3) is 0.154. The molecule has 7 rings (SSSR count). The largest absolute Gasteiger partial charge is 0.457 e. The summed E-state index contributed by atoms with van der Waals surface area (Å²) in [6.07, 6.45) is -0.682. The quantitative estimate of drug-likeness (QED) is 0.164. The van der Waals surface area contributed by atoms with Gasteiger partial charge in [-0.3, -0.25) is 4.79 Å². The Morgan fingerprint density at radius 2 is 1.27 bits per heavy atom. The first-order chi connectivity index (χ1) is 23.2. The average Bonchev–Trinajstić information content (AvgIpc) is 3.64. The Hall–Kier alpha value is -5.25. The van der Waals surface area contributed by atoms with Crippen LogP contribution in [-0.4, -0.2) is 30.1 Å². The van der Waals surface area contributed by atoms with Crippen LogP contribution in [0.5, 0.6) is 0 Å². The molecule has 0 saturated heterocycles. The molecule has 0 unspecified atom stereocenters. The Labute approximate surface area is 285 Å². The van der Waals surface area contributed by atoms with Crippen molar-refractivity contribution in [1.29, 1.82) is 0 Å². The van der Waals surface area contributed by atoms with Crippen molar-refractivity contribution in [2.75, 3.05) is 11.9 Å². The molecule has 0 aliphatic rings. The van der Waals surface area contributed by atoms with E-state index in [1.807, 2.05) is 66.7 Å². The van der Waals surface area contributed by atoms with Gasteiger partial charge in [0.15, 0.2) is 0 Å². The number of thiophene rings is 2. The molecule has 2 aromatic heterocycles. The van der Waals surface area contributed by atoms with E-state index in [9.17, 15) is 14.4 Å². The van der Waals surface area contributed by atoms with Crippen molar-refractivity contribution in [1.82, 2.24) is 5.32 Å². The number of anilines is 1. The summed E-state index contributed by atoms with van der Waals surface area (Å²) >= 11 is 2.82. The molecule has 0 aliphatic heterocycles. The number of ether oxygens (including phenoxy) is 2. The highest BCUT2D eigenvalue weighted by molar-refractivity contribution is 7.24. The Kier molecular flexibility index (Phi) is 8.33. The van der Waals surface area contributed by atoms with Crippen molar-refractivity contribution < 1.29 is 23.9 Å². The van der Waals surface area contributed by atoms with E-state index < -0.39 is 23.6 Å². The fourth-order valence-electron chi connectivity index (χ4n) is 5.87. The standard InChI is InChI=1S/C39H32N2O5S2/c1-39(2,3)46-38(44)40-21-30(42)41-36-34(32-27-16-10-8-14-25(27)18-20-29(32)48-36)33-31-26-15-9-7-13-24(26)17-19-28(31)47-35(33)37(43)45-22-23-11-5-4-6-12-23/h4-20H,21-22H2,1-3H3,(H,40,44)(H,41,42). The fourth-order valence-corrected chi connectivity index (χ4v) is 8.13. The van der Waals surface area contributed by atoms with Gasteiger partial charge in [0.1, 0.15) is 28.6 Å². The summed E-state index contributed by atoms with van der Waals surface area (Å²) in [5.74, 6) is -0.863. The van der Waals surface area contributed by atoms with Crippen LogP contribution in [0.3, 0.4) is 0 Å². The Bertz CT molecular complexity index is 2350. The van der Waals surface area contributed by atoms with Gasteiger partial charge in [-0.05, 0) is 60.0 Å². The van der Waals surface area contributed by atoms with Crippen molar-refractivity contribution in [2.24, 2.45) is 0 Å². The number of hydrogen-bond acceptors (Lipinski definition) is 7. The number of esters is 1. The molecule has 7 nitrogen and oxygen atoms in total. The normalized spacial score (nSPS) is 11.6. The number of carbonyl (C=O) groups is 3. The smallest absolute Gasteiger partial charge is 0.408 e. The van der Waals surface area contributed by atoms with E-state index in [4.69, 9.17) is 9.47 Å². The minimum atomic E-state index is -0.700. The number of nitrogens with one attached hydrogen (secondary N) is 2.